The van der Waals surface area contributed by atoms with Crippen LogP contribution in [0.1, 0.15) is 35.0 Å². The minimum atomic E-state index is -0.868. The molecule has 1 aromatic carbocycles. The lowest BCUT2D eigenvalue weighted by Crippen LogP contribution is -2.35. The maximum Gasteiger partial charge on any atom is 0.338 e. The van der Waals surface area contributed by atoms with Crippen LogP contribution >= 0.6 is 11.3 Å². The van der Waals surface area contributed by atoms with Gasteiger partial charge in [-0.25, -0.2) is 4.79 Å². The van der Waals surface area contributed by atoms with Crippen LogP contribution in [0.2, 0.25) is 0 Å². The summed E-state index contributed by atoms with van der Waals surface area (Å²) in [6, 6.07) is 10.5. The van der Waals surface area contributed by atoms with Gasteiger partial charge in [0.2, 0.25) is 0 Å². The third-order valence-corrected chi connectivity index (χ3v) is 5.10. The first kappa shape index (κ1) is 19.4. The Bertz CT molecular complexity index is 738. The van der Waals surface area contributed by atoms with E-state index in [9.17, 15) is 9.59 Å². The van der Waals surface area contributed by atoms with E-state index in [1.807, 2.05) is 17.5 Å². The predicted octanol–water partition coefficient (Wildman–Crippen LogP) is 3.17. The van der Waals surface area contributed by atoms with Gasteiger partial charge in [0, 0.05) is 11.5 Å². The molecule has 144 valence electrons. The Morgan fingerprint density at radius 2 is 2.11 bits per heavy atom. The highest BCUT2D eigenvalue weighted by molar-refractivity contribution is 7.09. The summed E-state index contributed by atoms with van der Waals surface area (Å²) in [4.78, 5) is 25.3. The van der Waals surface area contributed by atoms with Crippen molar-refractivity contribution in [1.82, 2.24) is 5.32 Å². The molecule has 3 rings (SSSR count). The molecular weight excluding hydrogens is 366 g/mol. The van der Waals surface area contributed by atoms with E-state index < -0.39 is 12.1 Å². The SMILES string of the molecule is C[C@@H](OC(=O)c1ccc(OC[C@@H]2CCCO2)cc1)C(=O)NCc1cccs1. The van der Waals surface area contributed by atoms with Crippen LogP contribution in [0.15, 0.2) is 41.8 Å². The standard InChI is InChI=1S/C20H23NO5S/c1-14(19(22)21-12-18-5-3-11-27-18)26-20(23)15-6-8-16(9-7-15)25-13-17-4-2-10-24-17/h3,5-9,11,14,17H,2,4,10,12-13H2,1H3,(H,21,22)/t14-,17+/m1/s1. The summed E-state index contributed by atoms with van der Waals surface area (Å²) in [6.45, 7) is 3.28. The molecule has 0 aliphatic carbocycles. The fourth-order valence-corrected chi connectivity index (χ4v) is 3.31. The third kappa shape index (κ3) is 5.80. The average Bonchev–Trinajstić information content (AvgIpc) is 3.38. The van der Waals surface area contributed by atoms with Gasteiger partial charge in [-0.3, -0.25) is 4.79 Å². The minimum absolute atomic E-state index is 0.142. The van der Waals surface area contributed by atoms with E-state index in [4.69, 9.17) is 14.2 Å². The molecule has 6 nitrogen and oxygen atoms in total. The van der Waals surface area contributed by atoms with Crippen molar-refractivity contribution in [3.63, 3.8) is 0 Å². The largest absolute Gasteiger partial charge is 0.491 e. The highest BCUT2D eigenvalue weighted by Crippen LogP contribution is 2.17. The molecular formula is C20H23NO5S. The maximum absolute atomic E-state index is 12.2. The van der Waals surface area contributed by atoms with Gasteiger partial charge in [0.25, 0.3) is 5.91 Å². The van der Waals surface area contributed by atoms with Gasteiger partial charge in [0.15, 0.2) is 6.10 Å². The van der Waals surface area contributed by atoms with Crippen molar-refractivity contribution in [2.75, 3.05) is 13.2 Å². The van der Waals surface area contributed by atoms with E-state index in [2.05, 4.69) is 5.32 Å². The number of nitrogens with one attached hydrogen (secondary N) is 1. The van der Waals surface area contributed by atoms with Gasteiger partial charge in [0.1, 0.15) is 12.4 Å². The summed E-state index contributed by atoms with van der Waals surface area (Å²) in [7, 11) is 0. The van der Waals surface area contributed by atoms with Crippen molar-refractivity contribution in [3.8, 4) is 5.75 Å². The maximum atomic E-state index is 12.2. The first-order chi connectivity index (χ1) is 13.1. The second-order valence-corrected chi connectivity index (χ2v) is 7.35. The first-order valence-electron chi connectivity index (χ1n) is 8.97. The van der Waals surface area contributed by atoms with Crippen LogP contribution in [0.5, 0.6) is 5.75 Å². The number of rotatable bonds is 8. The molecule has 0 spiro atoms. The number of amides is 1. The molecule has 27 heavy (non-hydrogen) atoms. The minimum Gasteiger partial charge on any atom is -0.491 e. The number of benzene rings is 1. The summed E-state index contributed by atoms with van der Waals surface area (Å²) in [5.41, 5.74) is 0.373. The first-order valence-corrected chi connectivity index (χ1v) is 9.85. The molecule has 2 atom stereocenters. The van der Waals surface area contributed by atoms with Gasteiger partial charge < -0.3 is 19.5 Å². The summed E-state index contributed by atoms with van der Waals surface area (Å²) < 4.78 is 16.4. The molecule has 2 aromatic rings. The van der Waals surface area contributed by atoms with Gasteiger partial charge in [0.05, 0.1) is 18.2 Å². The second kappa shape index (κ2) is 9.53. The monoisotopic (exact) mass is 389 g/mol. The van der Waals surface area contributed by atoms with Crippen LogP contribution in [-0.4, -0.2) is 37.3 Å². The van der Waals surface area contributed by atoms with E-state index in [1.54, 1.807) is 42.5 Å². The Balaban J connectivity index is 1.44. The molecule has 1 N–H and O–H groups in total. The molecule has 1 aliphatic heterocycles. The van der Waals surface area contributed by atoms with Crippen LogP contribution in [0.25, 0.3) is 0 Å². The molecule has 7 heteroatoms. The van der Waals surface area contributed by atoms with Gasteiger partial charge in [-0.1, -0.05) is 6.07 Å². The lowest BCUT2D eigenvalue weighted by Gasteiger charge is -2.14. The highest BCUT2D eigenvalue weighted by Gasteiger charge is 2.19. The zero-order valence-electron chi connectivity index (χ0n) is 15.2. The summed E-state index contributed by atoms with van der Waals surface area (Å²) in [6.07, 6.45) is 1.35. The number of ether oxygens (including phenoxy) is 3. The zero-order chi connectivity index (χ0) is 19.1. The lowest BCUT2D eigenvalue weighted by atomic mass is 10.2. The van der Waals surface area contributed by atoms with Gasteiger partial charge >= 0.3 is 5.97 Å². The molecule has 0 saturated carbocycles. The summed E-state index contributed by atoms with van der Waals surface area (Å²) >= 11 is 1.56. The third-order valence-electron chi connectivity index (χ3n) is 4.22. The second-order valence-electron chi connectivity index (χ2n) is 6.32. The Morgan fingerprint density at radius 3 is 2.78 bits per heavy atom. The smallest absolute Gasteiger partial charge is 0.338 e. The highest BCUT2D eigenvalue weighted by atomic mass is 32.1. The predicted molar refractivity (Wildman–Crippen MR) is 102 cm³/mol. The number of esters is 1. The molecule has 1 amide bonds. The number of hydrogen-bond acceptors (Lipinski definition) is 6. The van der Waals surface area contributed by atoms with Crippen LogP contribution in [0.3, 0.4) is 0 Å². The topological polar surface area (TPSA) is 73.9 Å². The van der Waals surface area contributed by atoms with Crippen molar-refractivity contribution >= 4 is 23.2 Å². The van der Waals surface area contributed by atoms with Crippen molar-refractivity contribution in [2.24, 2.45) is 0 Å². The van der Waals surface area contributed by atoms with E-state index in [0.29, 0.717) is 24.5 Å². The lowest BCUT2D eigenvalue weighted by molar-refractivity contribution is -0.129. The molecule has 1 aromatic heterocycles. The molecule has 1 fully saturated rings. The van der Waals surface area contributed by atoms with Crippen molar-refractivity contribution in [2.45, 2.75) is 38.5 Å². The zero-order valence-corrected chi connectivity index (χ0v) is 16.0. The van der Waals surface area contributed by atoms with Crippen LogP contribution < -0.4 is 10.1 Å². The van der Waals surface area contributed by atoms with Crippen LogP contribution in [0, 0.1) is 0 Å². The van der Waals surface area contributed by atoms with E-state index >= 15 is 0 Å². The van der Waals surface area contributed by atoms with Crippen LogP contribution in [-0.2, 0) is 20.8 Å². The Kier molecular flexibility index (Phi) is 6.84. The average molecular weight is 389 g/mol. The quantitative estimate of drug-likeness (QED) is 0.702. The van der Waals surface area contributed by atoms with Gasteiger partial charge in [-0.2, -0.15) is 0 Å². The van der Waals surface area contributed by atoms with E-state index in [1.165, 1.54) is 0 Å². The van der Waals surface area contributed by atoms with Gasteiger partial charge in [-0.05, 0) is 55.5 Å². The molecule has 0 unspecified atom stereocenters. The molecule has 2 heterocycles. The van der Waals surface area contributed by atoms with E-state index in [-0.39, 0.29) is 12.0 Å². The van der Waals surface area contributed by atoms with E-state index in [0.717, 1.165) is 24.3 Å². The van der Waals surface area contributed by atoms with Gasteiger partial charge in [-0.15, -0.1) is 11.3 Å². The van der Waals surface area contributed by atoms with Crippen molar-refractivity contribution < 1.29 is 23.8 Å². The number of thiophene rings is 1. The number of hydrogen-bond donors (Lipinski definition) is 1. The molecule has 1 saturated heterocycles. The fourth-order valence-electron chi connectivity index (χ4n) is 2.67. The number of carbonyl (C=O) groups excluding carboxylic acids is 2. The molecule has 1 aliphatic rings. The van der Waals surface area contributed by atoms with Crippen molar-refractivity contribution in [1.29, 1.82) is 0 Å². The summed E-state index contributed by atoms with van der Waals surface area (Å²) in [5.74, 6) is -0.198. The number of carbonyl (C=O) groups is 2. The Hall–Kier alpha value is -2.38. The molecule has 0 bridgehead atoms. The summed E-state index contributed by atoms with van der Waals surface area (Å²) in [5, 5.41) is 4.70. The fraction of sp³-hybridized carbons (Fsp3) is 0.400. The Morgan fingerprint density at radius 1 is 1.30 bits per heavy atom. The molecule has 0 radical (unpaired) electrons. The van der Waals surface area contributed by atoms with Crippen LogP contribution in [0.4, 0.5) is 0 Å². The normalized spacial score (nSPS) is 17.3. The Labute approximate surface area is 162 Å². The van der Waals surface area contributed by atoms with Crippen molar-refractivity contribution in [3.05, 3.63) is 52.2 Å².